The van der Waals surface area contributed by atoms with E-state index in [-0.39, 0.29) is 5.82 Å². The smallest absolute Gasteiger partial charge is 0.125 e. The number of imidazole rings is 1. The van der Waals surface area contributed by atoms with E-state index in [1.165, 1.54) is 0 Å². The Hall–Kier alpha value is -1.42. The lowest BCUT2D eigenvalue weighted by Gasteiger charge is -2.23. The number of hydrogen-bond donors (Lipinski definition) is 1. The summed E-state index contributed by atoms with van der Waals surface area (Å²) in [5.41, 5.74) is 1.87. The first-order chi connectivity index (χ1) is 10.1. The Morgan fingerprint density at radius 3 is 2.81 bits per heavy atom. The van der Waals surface area contributed by atoms with E-state index in [0.29, 0.717) is 11.8 Å². The molecule has 3 rings (SSSR count). The third kappa shape index (κ3) is 3.10. The molecule has 1 N–H and O–H groups in total. The molecule has 21 heavy (non-hydrogen) atoms. The maximum absolute atomic E-state index is 13.5. The van der Waals surface area contributed by atoms with Crippen LogP contribution in [0.2, 0.25) is 0 Å². The second kappa shape index (κ2) is 6.14. The topological polar surface area (TPSA) is 29.9 Å². The second-order valence-corrected chi connectivity index (χ2v) is 6.46. The van der Waals surface area contributed by atoms with Crippen LogP contribution in [0.25, 0.3) is 11.0 Å². The lowest BCUT2D eigenvalue weighted by molar-refractivity contribution is 0.422. The maximum Gasteiger partial charge on any atom is 0.125 e. The van der Waals surface area contributed by atoms with E-state index in [2.05, 4.69) is 23.7 Å². The lowest BCUT2D eigenvalue weighted by Crippen LogP contribution is -2.28. The molecule has 4 heteroatoms. The van der Waals surface area contributed by atoms with Crippen molar-refractivity contribution in [3.8, 4) is 0 Å². The standard InChI is InChI=1S/C17H24FN3/c1-12(2)7-10-21-16-4-3-14(18)11-15(16)20-17(21)13-5-8-19-9-6-13/h3-4,11-13,19H,5-10H2,1-2H3. The van der Waals surface area contributed by atoms with Crippen molar-refractivity contribution in [2.24, 2.45) is 5.92 Å². The summed E-state index contributed by atoms with van der Waals surface area (Å²) in [6, 6.07) is 4.98. The third-order valence-corrected chi connectivity index (χ3v) is 4.37. The first-order valence-corrected chi connectivity index (χ1v) is 8.01. The summed E-state index contributed by atoms with van der Waals surface area (Å²) in [6.07, 6.45) is 3.36. The fourth-order valence-corrected chi connectivity index (χ4v) is 3.14. The molecule has 114 valence electrons. The van der Waals surface area contributed by atoms with Gasteiger partial charge in [0.2, 0.25) is 0 Å². The molecule has 0 atom stereocenters. The van der Waals surface area contributed by atoms with Gasteiger partial charge in [0.1, 0.15) is 11.6 Å². The predicted molar refractivity (Wildman–Crippen MR) is 84.0 cm³/mol. The van der Waals surface area contributed by atoms with E-state index >= 15 is 0 Å². The lowest BCUT2D eigenvalue weighted by atomic mass is 9.97. The van der Waals surface area contributed by atoms with Crippen molar-refractivity contribution in [2.45, 2.75) is 45.6 Å². The summed E-state index contributed by atoms with van der Waals surface area (Å²) >= 11 is 0. The molecule has 1 aliphatic rings. The molecule has 1 fully saturated rings. The van der Waals surface area contributed by atoms with Crippen LogP contribution in [0, 0.1) is 11.7 Å². The molecule has 0 unspecified atom stereocenters. The van der Waals surface area contributed by atoms with Gasteiger partial charge in [0, 0.05) is 18.5 Å². The maximum atomic E-state index is 13.5. The van der Waals surface area contributed by atoms with Crippen LogP contribution < -0.4 is 5.32 Å². The number of aryl methyl sites for hydroxylation is 1. The van der Waals surface area contributed by atoms with Gasteiger partial charge in [-0.25, -0.2) is 9.37 Å². The van der Waals surface area contributed by atoms with Gasteiger partial charge in [0.05, 0.1) is 11.0 Å². The number of hydrogen-bond acceptors (Lipinski definition) is 2. The predicted octanol–water partition coefficient (Wildman–Crippen LogP) is 3.69. The number of nitrogens with one attached hydrogen (secondary N) is 1. The fourth-order valence-electron chi connectivity index (χ4n) is 3.14. The van der Waals surface area contributed by atoms with Crippen molar-refractivity contribution in [2.75, 3.05) is 13.1 Å². The quantitative estimate of drug-likeness (QED) is 0.930. The van der Waals surface area contributed by atoms with Crippen LogP contribution in [0.5, 0.6) is 0 Å². The normalized spacial score (nSPS) is 17.0. The van der Waals surface area contributed by atoms with Crippen LogP contribution in [0.15, 0.2) is 18.2 Å². The van der Waals surface area contributed by atoms with E-state index in [1.807, 2.05) is 6.07 Å². The monoisotopic (exact) mass is 289 g/mol. The molecule has 2 heterocycles. The molecular formula is C17H24FN3. The van der Waals surface area contributed by atoms with Crippen LogP contribution in [-0.4, -0.2) is 22.6 Å². The first kappa shape index (κ1) is 14.5. The van der Waals surface area contributed by atoms with Crippen molar-refractivity contribution in [1.82, 2.24) is 14.9 Å². The van der Waals surface area contributed by atoms with Gasteiger partial charge in [-0.2, -0.15) is 0 Å². The minimum absolute atomic E-state index is 0.201. The number of rotatable bonds is 4. The summed E-state index contributed by atoms with van der Waals surface area (Å²) in [4.78, 5) is 4.77. The van der Waals surface area contributed by atoms with Gasteiger partial charge in [0.15, 0.2) is 0 Å². The zero-order valence-corrected chi connectivity index (χ0v) is 12.9. The number of nitrogens with zero attached hydrogens (tertiary/aromatic N) is 2. The molecule has 1 aliphatic heterocycles. The van der Waals surface area contributed by atoms with E-state index in [9.17, 15) is 4.39 Å². The van der Waals surface area contributed by atoms with Crippen LogP contribution in [0.3, 0.4) is 0 Å². The molecule has 1 saturated heterocycles. The summed E-state index contributed by atoms with van der Waals surface area (Å²) in [5.74, 6) is 2.10. The van der Waals surface area contributed by atoms with Gasteiger partial charge in [-0.1, -0.05) is 13.8 Å². The van der Waals surface area contributed by atoms with E-state index in [1.54, 1.807) is 12.1 Å². The minimum atomic E-state index is -0.201. The van der Waals surface area contributed by atoms with Gasteiger partial charge in [-0.15, -0.1) is 0 Å². The zero-order chi connectivity index (χ0) is 14.8. The Morgan fingerprint density at radius 2 is 2.10 bits per heavy atom. The minimum Gasteiger partial charge on any atom is -0.328 e. The Morgan fingerprint density at radius 1 is 1.33 bits per heavy atom. The summed E-state index contributed by atoms with van der Waals surface area (Å²) < 4.78 is 15.8. The fraction of sp³-hybridized carbons (Fsp3) is 0.588. The summed E-state index contributed by atoms with van der Waals surface area (Å²) in [7, 11) is 0. The number of fused-ring (bicyclic) bond motifs is 1. The molecule has 0 aliphatic carbocycles. The number of halogens is 1. The SMILES string of the molecule is CC(C)CCn1c(C2CCNCC2)nc2cc(F)ccc21. The molecule has 1 aromatic carbocycles. The molecule has 0 saturated carbocycles. The van der Waals surface area contributed by atoms with Gasteiger partial charge in [-0.3, -0.25) is 0 Å². The van der Waals surface area contributed by atoms with Crippen molar-refractivity contribution < 1.29 is 4.39 Å². The highest BCUT2D eigenvalue weighted by atomic mass is 19.1. The van der Waals surface area contributed by atoms with Crippen molar-refractivity contribution in [1.29, 1.82) is 0 Å². The molecule has 2 aromatic rings. The molecule has 0 amide bonds. The van der Waals surface area contributed by atoms with E-state index < -0.39 is 0 Å². The average molecular weight is 289 g/mol. The molecule has 0 spiro atoms. The summed E-state index contributed by atoms with van der Waals surface area (Å²) in [5, 5.41) is 3.40. The van der Waals surface area contributed by atoms with E-state index in [4.69, 9.17) is 4.98 Å². The van der Waals surface area contributed by atoms with Crippen LogP contribution in [-0.2, 0) is 6.54 Å². The van der Waals surface area contributed by atoms with Crippen molar-refractivity contribution in [3.05, 3.63) is 29.8 Å². The summed E-state index contributed by atoms with van der Waals surface area (Å²) in [6.45, 7) is 7.55. The molecule has 1 aromatic heterocycles. The highest BCUT2D eigenvalue weighted by molar-refractivity contribution is 5.76. The van der Waals surface area contributed by atoms with Gasteiger partial charge >= 0.3 is 0 Å². The van der Waals surface area contributed by atoms with Crippen LogP contribution in [0.4, 0.5) is 4.39 Å². The van der Waals surface area contributed by atoms with Crippen molar-refractivity contribution in [3.63, 3.8) is 0 Å². The Labute approximate surface area is 125 Å². The van der Waals surface area contributed by atoms with Crippen molar-refractivity contribution >= 4 is 11.0 Å². The molecule has 0 radical (unpaired) electrons. The Bertz CT molecular complexity index is 612. The number of piperidine rings is 1. The zero-order valence-electron chi connectivity index (χ0n) is 12.9. The average Bonchev–Trinajstić information content (AvgIpc) is 2.83. The van der Waals surface area contributed by atoms with Gasteiger partial charge in [-0.05, 0) is 50.4 Å². The van der Waals surface area contributed by atoms with E-state index in [0.717, 1.165) is 55.8 Å². The Balaban J connectivity index is 2.00. The van der Waals surface area contributed by atoms with Gasteiger partial charge in [0.25, 0.3) is 0 Å². The Kier molecular flexibility index (Phi) is 4.24. The first-order valence-electron chi connectivity index (χ1n) is 8.01. The number of aromatic nitrogens is 2. The molecule has 3 nitrogen and oxygen atoms in total. The number of benzene rings is 1. The largest absolute Gasteiger partial charge is 0.328 e. The van der Waals surface area contributed by atoms with Crippen LogP contribution in [0.1, 0.15) is 44.9 Å². The molecular weight excluding hydrogens is 265 g/mol. The second-order valence-electron chi connectivity index (χ2n) is 6.46. The highest BCUT2D eigenvalue weighted by Crippen LogP contribution is 2.29. The van der Waals surface area contributed by atoms with Crippen LogP contribution >= 0.6 is 0 Å². The third-order valence-electron chi connectivity index (χ3n) is 4.37. The molecule has 0 bridgehead atoms. The highest BCUT2D eigenvalue weighted by Gasteiger charge is 2.22. The van der Waals surface area contributed by atoms with Gasteiger partial charge < -0.3 is 9.88 Å².